The van der Waals surface area contributed by atoms with Crippen LogP contribution >= 0.6 is 0 Å². The molecule has 3 N–H and O–H groups in total. The van der Waals surface area contributed by atoms with Gasteiger partial charge in [0.2, 0.25) is 5.95 Å². The highest BCUT2D eigenvalue weighted by molar-refractivity contribution is 5.81. The second-order valence-electron chi connectivity index (χ2n) is 9.49. The van der Waals surface area contributed by atoms with Crippen LogP contribution in [0.2, 0.25) is 0 Å². The van der Waals surface area contributed by atoms with E-state index in [0.717, 1.165) is 44.0 Å². The van der Waals surface area contributed by atoms with E-state index in [-0.39, 0.29) is 18.0 Å². The molecule has 0 unspecified atom stereocenters. The lowest BCUT2D eigenvalue weighted by Crippen LogP contribution is -2.35. The summed E-state index contributed by atoms with van der Waals surface area (Å²) in [5.41, 5.74) is 0.278. The number of ether oxygens (including phenoxy) is 1. The van der Waals surface area contributed by atoms with Crippen molar-refractivity contribution >= 4 is 28.5 Å². The smallest absolute Gasteiger partial charge is 0.208 e. The number of hydrogen-bond donors (Lipinski definition) is 3. The van der Waals surface area contributed by atoms with Gasteiger partial charge in [-0.25, -0.2) is 23.1 Å². The summed E-state index contributed by atoms with van der Waals surface area (Å²) in [5.74, 6) is -2.10. The fourth-order valence-corrected chi connectivity index (χ4v) is 4.85. The Balaban J connectivity index is 1.50. The second-order valence-corrected chi connectivity index (χ2v) is 9.49. The van der Waals surface area contributed by atoms with Crippen molar-refractivity contribution in [2.24, 2.45) is 0 Å². The average molecular weight is 476 g/mol. The number of hydrogen-bond acceptors (Lipinski definition) is 6. The van der Waals surface area contributed by atoms with E-state index in [9.17, 15) is 18.3 Å². The predicted molar refractivity (Wildman–Crippen MR) is 123 cm³/mol. The van der Waals surface area contributed by atoms with Gasteiger partial charge in [0.05, 0.1) is 17.3 Å². The van der Waals surface area contributed by atoms with Crippen LogP contribution in [0.1, 0.15) is 51.5 Å². The first kappa shape index (κ1) is 22.9. The van der Waals surface area contributed by atoms with Gasteiger partial charge in [0.1, 0.15) is 22.8 Å². The van der Waals surface area contributed by atoms with Crippen LogP contribution in [0.4, 0.5) is 30.6 Å². The van der Waals surface area contributed by atoms with E-state index in [1.54, 1.807) is 6.20 Å². The number of pyridine rings is 1. The monoisotopic (exact) mass is 475 g/mol. The zero-order valence-corrected chi connectivity index (χ0v) is 19.0. The molecule has 182 valence electrons. The highest BCUT2D eigenvalue weighted by Gasteiger charge is 2.29. The Hall–Kier alpha value is -2.85. The Morgan fingerprint density at radius 1 is 1.06 bits per heavy atom. The zero-order valence-electron chi connectivity index (χ0n) is 19.0. The lowest BCUT2D eigenvalue weighted by Gasteiger charge is -2.33. The molecule has 1 aliphatic heterocycles. The molecule has 2 fully saturated rings. The Labute approximate surface area is 195 Å². The predicted octanol–water partition coefficient (Wildman–Crippen LogP) is 5.05. The second kappa shape index (κ2) is 9.07. The van der Waals surface area contributed by atoms with Crippen molar-refractivity contribution in [3.8, 4) is 0 Å². The quantitative estimate of drug-likeness (QED) is 0.479. The van der Waals surface area contributed by atoms with Gasteiger partial charge < -0.3 is 25.0 Å². The molecule has 3 aromatic rings. The molecule has 0 amide bonds. The summed E-state index contributed by atoms with van der Waals surface area (Å²) in [6, 6.07) is 3.38. The lowest BCUT2D eigenvalue weighted by atomic mass is 9.84. The minimum atomic E-state index is -1.03. The normalized spacial score (nSPS) is 23.9. The lowest BCUT2D eigenvalue weighted by molar-refractivity contribution is 0.0196. The van der Waals surface area contributed by atoms with Crippen LogP contribution in [0.5, 0.6) is 0 Å². The molecule has 1 saturated carbocycles. The van der Waals surface area contributed by atoms with E-state index in [0.29, 0.717) is 36.7 Å². The Morgan fingerprint density at radius 2 is 1.74 bits per heavy atom. The fourth-order valence-electron chi connectivity index (χ4n) is 4.85. The van der Waals surface area contributed by atoms with Gasteiger partial charge >= 0.3 is 0 Å². The van der Waals surface area contributed by atoms with Crippen LogP contribution < -0.4 is 10.6 Å². The molecular formula is C24H28F3N5O2. The number of halogens is 3. The molecule has 1 aromatic carbocycles. The molecule has 34 heavy (non-hydrogen) atoms. The van der Waals surface area contributed by atoms with Crippen LogP contribution in [0, 0.1) is 17.5 Å². The van der Waals surface area contributed by atoms with Gasteiger partial charge in [-0.2, -0.15) is 0 Å². The number of nitrogens with one attached hydrogen (secondary N) is 2. The maximum Gasteiger partial charge on any atom is 0.208 e. The largest absolute Gasteiger partial charge is 0.390 e. The van der Waals surface area contributed by atoms with Crippen molar-refractivity contribution in [3.05, 3.63) is 41.8 Å². The Morgan fingerprint density at radius 3 is 2.41 bits per heavy atom. The summed E-state index contributed by atoms with van der Waals surface area (Å²) in [5, 5.41) is 16.4. The van der Waals surface area contributed by atoms with Gasteiger partial charge in [-0.3, -0.25) is 0 Å². The molecule has 1 aliphatic carbocycles. The van der Waals surface area contributed by atoms with Gasteiger partial charge in [-0.1, -0.05) is 0 Å². The number of anilines is 3. The SMILES string of the molecule is CC1(O)CCC(Nc2cc3c(cn2)nc(Nc2c(F)cc(F)cc2F)n3C2CCOCC2)CC1. The summed E-state index contributed by atoms with van der Waals surface area (Å²) in [6.07, 6.45) is 6.18. The molecule has 0 radical (unpaired) electrons. The maximum atomic E-state index is 14.4. The van der Waals surface area contributed by atoms with Crippen LogP contribution in [0.3, 0.4) is 0 Å². The first-order chi connectivity index (χ1) is 16.3. The molecule has 1 saturated heterocycles. The molecule has 10 heteroatoms. The van der Waals surface area contributed by atoms with Gasteiger partial charge in [-0.05, 0) is 45.4 Å². The van der Waals surface area contributed by atoms with Crippen molar-refractivity contribution in [2.45, 2.75) is 63.1 Å². The summed E-state index contributed by atoms with van der Waals surface area (Å²) in [7, 11) is 0. The van der Waals surface area contributed by atoms with Gasteiger partial charge in [0, 0.05) is 43.5 Å². The molecule has 0 bridgehead atoms. The Bertz CT molecular complexity index is 1160. The van der Waals surface area contributed by atoms with Crippen molar-refractivity contribution in [3.63, 3.8) is 0 Å². The zero-order chi connectivity index (χ0) is 23.9. The summed E-state index contributed by atoms with van der Waals surface area (Å²) < 4.78 is 49.6. The minimum absolute atomic E-state index is 0.00727. The molecule has 2 aromatic heterocycles. The van der Waals surface area contributed by atoms with Gasteiger partial charge in [0.25, 0.3) is 0 Å². The van der Waals surface area contributed by atoms with Crippen molar-refractivity contribution in [2.75, 3.05) is 23.8 Å². The number of benzene rings is 1. The Kier molecular flexibility index (Phi) is 6.11. The first-order valence-electron chi connectivity index (χ1n) is 11.7. The van der Waals surface area contributed by atoms with Crippen LogP contribution in [0.25, 0.3) is 11.0 Å². The highest BCUT2D eigenvalue weighted by Crippen LogP contribution is 2.35. The van der Waals surface area contributed by atoms with Crippen LogP contribution in [-0.2, 0) is 4.74 Å². The van der Waals surface area contributed by atoms with E-state index in [4.69, 9.17) is 4.74 Å². The van der Waals surface area contributed by atoms with E-state index < -0.39 is 28.7 Å². The van der Waals surface area contributed by atoms with Crippen LogP contribution in [-0.4, -0.2) is 44.5 Å². The molecule has 5 rings (SSSR count). The van der Waals surface area contributed by atoms with Crippen molar-refractivity contribution < 1.29 is 23.0 Å². The number of aliphatic hydroxyl groups is 1. The minimum Gasteiger partial charge on any atom is -0.390 e. The number of nitrogens with zero attached hydrogens (tertiary/aromatic N) is 3. The molecule has 0 spiro atoms. The highest BCUT2D eigenvalue weighted by atomic mass is 19.1. The van der Waals surface area contributed by atoms with E-state index >= 15 is 0 Å². The average Bonchev–Trinajstić information content (AvgIpc) is 3.15. The number of aromatic nitrogens is 3. The maximum absolute atomic E-state index is 14.4. The third-order valence-electron chi connectivity index (χ3n) is 6.79. The summed E-state index contributed by atoms with van der Waals surface area (Å²) in [6.45, 7) is 3.00. The first-order valence-corrected chi connectivity index (χ1v) is 11.7. The third-order valence-corrected chi connectivity index (χ3v) is 6.79. The molecular weight excluding hydrogens is 447 g/mol. The summed E-state index contributed by atoms with van der Waals surface area (Å²) in [4.78, 5) is 9.05. The van der Waals surface area contributed by atoms with Gasteiger partial charge in [0.15, 0.2) is 11.6 Å². The van der Waals surface area contributed by atoms with Crippen molar-refractivity contribution in [1.29, 1.82) is 0 Å². The standard InChI is InChI=1S/C24H28F3N5O2/c1-24(33)6-2-15(3-7-24)29-21-12-20-19(13-28-21)30-23(32(20)16-4-8-34-9-5-16)31-22-17(26)10-14(25)11-18(22)27/h10-13,15-16,33H,2-9H2,1H3,(H,28,29)(H,30,31). The number of fused-ring (bicyclic) bond motifs is 1. The number of imidazole rings is 1. The van der Waals surface area contributed by atoms with E-state index in [1.165, 1.54) is 0 Å². The summed E-state index contributed by atoms with van der Waals surface area (Å²) >= 11 is 0. The molecule has 3 heterocycles. The van der Waals surface area contributed by atoms with E-state index in [1.807, 2.05) is 17.6 Å². The third kappa shape index (κ3) is 4.69. The van der Waals surface area contributed by atoms with Gasteiger partial charge in [-0.15, -0.1) is 0 Å². The molecule has 2 aliphatic rings. The van der Waals surface area contributed by atoms with Crippen LogP contribution in [0.15, 0.2) is 24.4 Å². The molecule has 0 atom stereocenters. The molecule has 7 nitrogen and oxygen atoms in total. The topological polar surface area (TPSA) is 84.2 Å². The van der Waals surface area contributed by atoms with E-state index in [2.05, 4.69) is 20.6 Å². The van der Waals surface area contributed by atoms with Crippen molar-refractivity contribution in [1.82, 2.24) is 14.5 Å². The number of rotatable bonds is 5. The fraction of sp³-hybridized carbons (Fsp3) is 0.500.